The van der Waals surface area contributed by atoms with Crippen LogP contribution in [0.3, 0.4) is 0 Å². The Bertz CT molecular complexity index is 699. The van der Waals surface area contributed by atoms with Crippen molar-refractivity contribution in [3.8, 4) is 11.4 Å². The zero-order valence-electron chi connectivity index (χ0n) is 13.7. The van der Waals surface area contributed by atoms with E-state index in [9.17, 15) is 4.79 Å². The van der Waals surface area contributed by atoms with Gasteiger partial charge in [-0.15, -0.1) is 5.10 Å². The lowest BCUT2D eigenvalue weighted by atomic mass is 9.94. The van der Waals surface area contributed by atoms with E-state index in [-0.39, 0.29) is 5.91 Å². The van der Waals surface area contributed by atoms with Crippen LogP contribution in [0.5, 0.6) is 0 Å². The maximum atomic E-state index is 12.4. The van der Waals surface area contributed by atoms with Crippen molar-refractivity contribution in [3.63, 3.8) is 0 Å². The van der Waals surface area contributed by atoms with Crippen LogP contribution in [-0.4, -0.2) is 44.8 Å². The fraction of sp³-hybridized carbons (Fsp3) is 0.471. The van der Waals surface area contributed by atoms with Gasteiger partial charge in [0.05, 0.1) is 10.8 Å². The highest BCUT2D eigenvalue weighted by molar-refractivity contribution is 7.99. The molecule has 0 saturated heterocycles. The standard InChI is InChI=1S/C17H21ClN4OS/c1-22(12-7-3-2-4-8-12)15(23)11-24-17-19-16(20-21-17)13-9-5-6-10-14(13)18/h5-6,9-10,12H,2-4,7-8,11H2,1H3,(H,19,20,21). The van der Waals surface area contributed by atoms with Gasteiger partial charge in [0.15, 0.2) is 5.82 Å². The number of carbonyl (C=O) groups excluding carboxylic acids is 1. The lowest BCUT2D eigenvalue weighted by Crippen LogP contribution is -2.39. The second-order valence-electron chi connectivity index (χ2n) is 6.03. The van der Waals surface area contributed by atoms with Crippen LogP contribution < -0.4 is 0 Å². The summed E-state index contributed by atoms with van der Waals surface area (Å²) < 4.78 is 0. The third-order valence-corrected chi connectivity index (χ3v) is 5.60. The molecule has 1 aromatic carbocycles. The molecule has 1 fully saturated rings. The fourth-order valence-electron chi connectivity index (χ4n) is 2.98. The summed E-state index contributed by atoms with van der Waals surface area (Å²) >= 11 is 7.52. The van der Waals surface area contributed by atoms with Gasteiger partial charge in [-0.25, -0.2) is 4.98 Å². The molecule has 1 amide bonds. The molecule has 0 radical (unpaired) electrons. The summed E-state index contributed by atoms with van der Waals surface area (Å²) in [6, 6.07) is 7.86. The van der Waals surface area contributed by atoms with Crippen molar-refractivity contribution in [2.45, 2.75) is 43.3 Å². The number of nitrogens with one attached hydrogen (secondary N) is 1. The number of nitrogens with zero attached hydrogens (tertiary/aromatic N) is 3. The van der Waals surface area contributed by atoms with E-state index in [1.54, 1.807) is 0 Å². The molecule has 0 bridgehead atoms. The van der Waals surface area contributed by atoms with Crippen molar-refractivity contribution in [1.29, 1.82) is 0 Å². The maximum absolute atomic E-state index is 12.4. The number of H-pyrrole nitrogens is 1. The number of thioether (sulfide) groups is 1. The minimum Gasteiger partial charge on any atom is -0.342 e. The van der Waals surface area contributed by atoms with Crippen LogP contribution in [-0.2, 0) is 4.79 Å². The van der Waals surface area contributed by atoms with Gasteiger partial charge in [-0.05, 0) is 25.0 Å². The van der Waals surface area contributed by atoms with Crippen molar-refractivity contribution in [2.24, 2.45) is 0 Å². The van der Waals surface area contributed by atoms with Crippen molar-refractivity contribution in [2.75, 3.05) is 12.8 Å². The average molecular weight is 365 g/mol. The first-order chi connectivity index (χ1) is 11.6. The Balaban J connectivity index is 1.57. The normalized spacial score (nSPS) is 15.4. The second-order valence-corrected chi connectivity index (χ2v) is 7.38. The van der Waals surface area contributed by atoms with Gasteiger partial charge in [-0.1, -0.05) is 54.8 Å². The summed E-state index contributed by atoms with van der Waals surface area (Å²) in [6.07, 6.45) is 5.96. The number of aromatic amines is 1. The Morgan fingerprint density at radius 1 is 1.33 bits per heavy atom. The zero-order chi connectivity index (χ0) is 16.9. The number of hydrogen-bond acceptors (Lipinski definition) is 4. The summed E-state index contributed by atoms with van der Waals surface area (Å²) in [5, 5.41) is 8.25. The number of carbonyl (C=O) groups is 1. The number of amides is 1. The van der Waals surface area contributed by atoms with Gasteiger partial charge in [-0.2, -0.15) is 0 Å². The molecule has 5 nitrogen and oxygen atoms in total. The summed E-state index contributed by atoms with van der Waals surface area (Å²) in [7, 11) is 1.91. The molecule has 1 aromatic heterocycles. The topological polar surface area (TPSA) is 61.9 Å². The molecule has 128 valence electrons. The molecule has 1 saturated carbocycles. The van der Waals surface area contributed by atoms with Gasteiger partial charge >= 0.3 is 0 Å². The van der Waals surface area contributed by atoms with Crippen LogP contribution in [0.2, 0.25) is 5.02 Å². The largest absolute Gasteiger partial charge is 0.342 e. The minimum atomic E-state index is 0.135. The van der Waals surface area contributed by atoms with Gasteiger partial charge in [0.25, 0.3) is 0 Å². The molecule has 3 rings (SSSR count). The first kappa shape index (κ1) is 17.3. The molecule has 0 unspecified atom stereocenters. The Kier molecular flexibility index (Phi) is 5.79. The van der Waals surface area contributed by atoms with E-state index < -0.39 is 0 Å². The fourth-order valence-corrected chi connectivity index (χ4v) is 3.93. The first-order valence-electron chi connectivity index (χ1n) is 8.21. The van der Waals surface area contributed by atoms with Gasteiger partial charge in [0.2, 0.25) is 11.1 Å². The van der Waals surface area contributed by atoms with E-state index in [4.69, 9.17) is 11.6 Å². The zero-order valence-corrected chi connectivity index (χ0v) is 15.2. The molecule has 1 aliphatic rings. The lowest BCUT2D eigenvalue weighted by molar-refractivity contribution is -0.129. The van der Waals surface area contributed by atoms with Crippen LogP contribution >= 0.6 is 23.4 Å². The highest BCUT2D eigenvalue weighted by atomic mass is 35.5. The summed E-state index contributed by atoms with van der Waals surface area (Å²) in [5.74, 6) is 1.11. The van der Waals surface area contributed by atoms with Crippen molar-refractivity contribution >= 4 is 29.3 Å². The average Bonchev–Trinajstić information content (AvgIpc) is 3.09. The van der Waals surface area contributed by atoms with E-state index in [0.717, 1.165) is 18.4 Å². The van der Waals surface area contributed by atoms with Crippen molar-refractivity contribution in [1.82, 2.24) is 20.1 Å². The van der Waals surface area contributed by atoms with Crippen LogP contribution in [0.4, 0.5) is 0 Å². The van der Waals surface area contributed by atoms with E-state index in [2.05, 4.69) is 15.2 Å². The molecule has 1 N–H and O–H groups in total. The van der Waals surface area contributed by atoms with Crippen molar-refractivity contribution < 1.29 is 4.79 Å². The van der Waals surface area contributed by atoms with Gasteiger partial charge < -0.3 is 4.90 Å². The van der Waals surface area contributed by atoms with Crippen LogP contribution in [0.25, 0.3) is 11.4 Å². The van der Waals surface area contributed by atoms with Gasteiger partial charge in [-0.3, -0.25) is 9.89 Å². The summed E-state index contributed by atoms with van der Waals surface area (Å²) in [5.41, 5.74) is 0.809. The number of halogens is 1. The Labute approximate surface area is 151 Å². The number of benzene rings is 1. The van der Waals surface area contributed by atoms with Gasteiger partial charge in [0.1, 0.15) is 0 Å². The van der Waals surface area contributed by atoms with E-state index >= 15 is 0 Å². The quantitative estimate of drug-likeness (QED) is 0.814. The van der Waals surface area contributed by atoms with Crippen LogP contribution in [0.15, 0.2) is 29.4 Å². The highest BCUT2D eigenvalue weighted by Gasteiger charge is 2.22. The highest BCUT2D eigenvalue weighted by Crippen LogP contribution is 2.26. The molecule has 24 heavy (non-hydrogen) atoms. The Morgan fingerprint density at radius 2 is 2.08 bits per heavy atom. The minimum absolute atomic E-state index is 0.135. The monoisotopic (exact) mass is 364 g/mol. The first-order valence-corrected chi connectivity index (χ1v) is 9.57. The Hall–Kier alpha value is -1.53. The molecule has 0 atom stereocenters. The molecule has 1 aliphatic carbocycles. The number of rotatable bonds is 5. The molecule has 7 heteroatoms. The summed E-state index contributed by atoms with van der Waals surface area (Å²) in [4.78, 5) is 18.7. The summed E-state index contributed by atoms with van der Waals surface area (Å²) in [6.45, 7) is 0. The van der Waals surface area contributed by atoms with Crippen LogP contribution in [0.1, 0.15) is 32.1 Å². The predicted octanol–water partition coefficient (Wildman–Crippen LogP) is 4.01. The smallest absolute Gasteiger partial charge is 0.233 e. The Morgan fingerprint density at radius 3 is 2.83 bits per heavy atom. The van der Waals surface area contributed by atoms with Gasteiger partial charge in [0, 0.05) is 18.7 Å². The SMILES string of the molecule is CN(C(=O)CSc1n[nH]c(-c2ccccc2Cl)n1)C1CCCCC1. The number of aromatic nitrogens is 3. The molecule has 1 heterocycles. The second kappa shape index (κ2) is 8.03. The van der Waals surface area contributed by atoms with E-state index in [0.29, 0.717) is 27.8 Å². The molecular weight excluding hydrogens is 344 g/mol. The van der Waals surface area contributed by atoms with E-state index in [1.807, 2.05) is 36.2 Å². The third kappa shape index (κ3) is 4.11. The predicted molar refractivity (Wildman–Crippen MR) is 97.2 cm³/mol. The van der Waals surface area contributed by atoms with Crippen molar-refractivity contribution in [3.05, 3.63) is 29.3 Å². The third-order valence-electron chi connectivity index (χ3n) is 4.43. The molecular formula is C17H21ClN4OS. The van der Waals surface area contributed by atoms with E-state index in [1.165, 1.54) is 31.0 Å². The lowest BCUT2D eigenvalue weighted by Gasteiger charge is -2.31. The molecule has 0 aliphatic heterocycles. The number of hydrogen-bond donors (Lipinski definition) is 1. The maximum Gasteiger partial charge on any atom is 0.233 e. The molecule has 2 aromatic rings. The van der Waals surface area contributed by atoms with Crippen LogP contribution in [0, 0.1) is 0 Å². The molecule has 0 spiro atoms.